The molecular formula is C21H34F2IN3O3. The van der Waals surface area contributed by atoms with Crippen molar-refractivity contribution in [2.45, 2.75) is 53.2 Å². The average molecular weight is 541 g/mol. The molecule has 0 bridgehead atoms. The van der Waals surface area contributed by atoms with E-state index in [1.165, 1.54) is 12.8 Å². The van der Waals surface area contributed by atoms with Crippen LogP contribution in [0.4, 0.5) is 8.78 Å². The number of nitrogens with zero attached hydrogens (tertiary/aromatic N) is 1. The summed E-state index contributed by atoms with van der Waals surface area (Å²) in [6, 6.07) is 5.09. The van der Waals surface area contributed by atoms with Crippen molar-refractivity contribution in [3.05, 3.63) is 23.8 Å². The zero-order valence-electron chi connectivity index (χ0n) is 18.0. The Morgan fingerprint density at radius 2 is 1.93 bits per heavy atom. The molecule has 1 fully saturated rings. The van der Waals surface area contributed by atoms with Gasteiger partial charge in [-0.15, -0.1) is 24.0 Å². The summed E-state index contributed by atoms with van der Waals surface area (Å²) < 4.78 is 41.4. The van der Waals surface area contributed by atoms with Gasteiger partial charge in [0.2, 0.25) is 0 Å². The van der Waals surface area contributed by atoms with E-state index in [1.807, 2.05) is 13.8 Å². The van der Waals surface area contributed by atoms with Crippen LogP contribution in [0.3, 0.4) is 0 Å². The van der Waals surface area contributed by atoms with Gasteiger partial charge in [0.1, 0.15) is 0 Å². The van der Waals surface area contributed by atoms with Crippen LogP contribution in [0.25, 0.3) is 0 Å². The first-order chi connectivity index (χ1) is 14.0. The van der Waals surface area contributed by atoms with Crippen LogP contribution < -0.4 is 20.1 Å². The lowest BCUT2D eigenvalue weighted by Crippen LogP contribution is -2.40. The average Bonchev–Trinajstić information content (AvgIpc) is 3.46. The van der Waals surface area contributed by atoms with E-state index >= 15 is 0 Å². The molecule has 0 spiro atoms. The van der Waals surface area contributed by atoms with Crippen LogP contribution in [-0.2, 0) is 11.3 Å². The van der Waals surface area contributed by atoms with Gasteiger partial charge < -0.3 is 24.8 Å². The molecule has 0 amide bonds. The number of ether oxygens (including phenoxy) is 3. The largest absolute Gasteiger partial charge is 0.490 e. The third-order valence-electron chi connectivity index (χ3n) is 4.89. The summed E-state index contributed by atoms with van der Waals surface area (Å²) in [5.74, 6) is 0.991. The van der Waals surface area contributed by atoms with Crippen LogP contribution in [0.15, 0.2) is 23.2 Å². The van der Waals surface area contributed by atoms with Crippen molar-refractivity contribution in [1.82, 2.24) is 10.6 Å². The minimum atomic E-state index is -2.93. The summed E-state index contributed by atoms with van der Waals surface area (Å²) in [6.45, 7) is 6.43. The highest BCUT2D eigenvalue weighted by Crippen LogP contribution is 2.48. The lowest BCUT2D eigenvalue weighted by molar-refractivity contribution is -0.0520. The summed E-state index contributed by atoms with van der Waals surface area (Å²) in [6.07, 6.45) is 3.38. The van der Waals surface area contributed by atoms with E-state index in [0.29, 0.717) is 30.4 Å². The van der Waals surface area contributed by atoms with Gasteiger partial charge in [0.25, 0.3) is 0 Å². The highest BCUT2D eigenvalue weighted by atomic mass is 127. The van der Waals surface area contributed by atoms with E-state index in [-0.39, 0.29) is 41.7 Å². The molecule has 6 nitrogen and oxygen atoms in total. The molecule has 0 atom stereocenters. The second-order valence-electron chi connectivity index (χ2n) is 7.05. The van der Waals surface area contributed by atoms with E-state index in [1.54, 1.807) is 25.1 Å². The number of halogens is 3. The summed E-state index contributed by atoms with van der Waals surface area (Å²) in [5.41, 5.74) is 0.815. The molecule has 0 unspecified atom stereocenters. The Hall–Kier alpha value is -1.36. The van der Waals surface area contributed by atoms with Gasteiger partial charge in [0.15, 0.2) is 17.5 Å². The maximum atomic E-state index is 12.9. The first kappa shape index (κ1) is 26.7. The van der Waals surface area contributed by atoms with E-state index in [4.69, 9.17) is 14.2 Å². The zero-order valence-corrected chi connectivity index (χ0v) is 20.3. The molecule has 1 aromatic rings. The molecule has 172 valence electrons. The summed E-state index contributed by atoms with van der Waals surface area (Å²) in [4.78, 5) is 4.56. The molecule has 1 aliphatic rings. The van der Waals surface area contributed by atoms with Gasteiger partial charge in [-0.3, -0.25) is 0 Å². The Kier molecular flexibility index (Phi) is 12.3. The molecule has 9 heteroatoms. The maximum absolute atomic E-state index is 12.9. The van der Waals surface area contributed by atoms with Crippen LogP contribution >= 0.6 is 24.0 Å². The lowest BCUT2D eigenvalue weighted by atomic mass is 10.0. The fourth-order valence-electron chi connectivity index (χ4n) is 3.08. The van der Waals surface area contributed by atoms with Gasteiger partial charge in [-0.25, -0.2) is 4.99 Å². The molecule has 1 aromatic carbocycles. The predicted octanol–water partition coefficient (Wildman–Crippen LogP) is 4.57. The molecule has 0 aliphatic heterocycles. The van der Waals surface area contributed by atoms with E-state index in [2.05, 4.69) is 15.6 Å². The van der Waals surface area contributed by atoms with Crippen molar-refractivity contribution in [3.8, 4) is 11.5 Å². The molecule has 0 radical (unpaired) electrons. The Labute approximate surface area is 195 Å². The van der Waals surface area contributed by atoms with Gasteiger partial charge in [-0.05, 0) is 51.5 Å². The van der Waals surface area contributed by atoms with Crippen LogP contribution in [-0.4, -0.2) is 45.5 Å². The van der Waals surface area contributed by atoms with Crippen molar-refractivity contribution in [1.29, 1.82) is 0 Å². The van der Waals surface area contributed by atoms with Crippen LogP contribution in [0.2, 0.25) is 0 Å². The minimum absolute atomic E-state index is 0. The normalized spacial score (nSPS) is 14.8. The van der Waals surface area contributed by atoms with Gasteiger partial charge in [0.05, 0.1) is 13.2 Å². The number of hydrogen-bond acceptors (Lipinski definition) is 4. The van der Waals surface area contributed by atoms with E-state index in [9.17, 15) is 8.78 Å². The second-order valence-corrected chi connectivity index (χ2v) is 7.05. The van der Waals surface area contributed by atoms with E-state index in [0.717, 1.165) is 26.2 Å². The molecule has 0 aromatic heterocycles. The van der Waals surface area contributed by atoms with Crippen molar-refractivity contribution in [3.63, 3.8) is 0 Å². The van der Waals surface area contributed by atoms with Crippen molar-refractivity contribution < 1.29 is 23.0 Å². The first-order valence-corrected chi connectivity index (χ1v) is 10.3. The molecular weight excluding hydrogens is 507 g/mol. The number of guanidine groups is 1. The molecule has 2 N–H and O–H groups in total. The van der Waals surface area contributed by atoms with Crippen LogP contribution in [0.1, 0.15) is 45.6 Å². The Balaban J connectivity index is 0.00000450. The summed E-state index contributed by atoms with van der Waals surface area (Å²) in [5, 5.41) is 6.59. The topological polar surface area (TPSA) is 64.1 Å². The standard InChI is InChI=1S/C21H33F2N3O3.HI/c1-4-24-20(26-15-21(10-11-21)12-13-27-5-2)25-14-16-8-7-9-17(28-6-3)18(16)29-19(22)23;/h7-9,19H,4-6,10-15H2,1-3H3,(H2,24,25,26);1H. The number of hydrogen-bond donors (Lipinski definition) is 2. The Morgan fingerprint density at radius 1 is 1.17 bits per heavy atom. The summed E-state index contributed by atoms with van der Waals surface area (Å²) in [7, 11) is 0. The molecule has 1 saturated carbocycles. The third-order valence-corrected chi connectivity index (χ3v) is 4.89. The van der Waals surface area contributed by atoms with Gasteiger partial charge in [0, 0.05) is 31.9 Å². The number of aliphatic imine (C=N–C) groups is 1. The third kappa shape index (κ3) is 8.79. The minimum Gasteiger partial charge on any atom is -0.490 e. The molecule has 1 aliphatic carbocycles. The van der Waals surface area contributed by atoms with Crippen molar-refractivity contribution in [2.75, 3.05) is 32.9 Å². The number of nitrogens with one attached hydrogen (secondary N) is 2. The molecule has 0 saturated heterocycles. The predicted molar refractivity (Wildman–Crippen MR) is 125 cm³/mol. The molecule has 30 heavy (non-hydrogen) atoms. The van der Waals surface area contributed by atoms with Gasteiger partial charge in [-0.2, -0.15) is 8.78 Å². The summed E-state index contributed by atoms with van der Waals surface area (Å²) >= 11 is 0. The monoisotopic (exact) mass is 541 g/mol. The first-order valence-electron chi connectivity index (χ1n) is 10.3. The SMILES string of the molecule is CCNC(=NCc1cccc(OCC)c1OC(F)F)NCC1(CCOCC)CC1.I. The number of benzene rings is 1. The maximum Gasteiger partial charge on any atom is 0.387 e. The number of para-hydroxylation sites is 1. The van der Waals surface area contributed by atoms with Gasteiger partial charge in [-0.1, -0.05) is 12.1 Å². The second kappa shape index (κ2) is 13.8. The molecule has 2 rings (SSSR count). The van der Waals surface area contributed by atoms with Crippen molar-refractivity contribution >= 4 is 29.9 Å². The Bertz CT molecular complexity index is 658. The number of alkyl halides is 2. The zero-order chi connectivity index (χ0) is 21.1. The molecule has 0 heterocycles. The Morgan fingerprint density at radius 3 is 2.53 bits per heavy atom. The van der Waals surface area contributed by atoms with E-state index < -0.39 is 6.61 Å². The highest BCUT2D eigenvalue weighted by Gasteiger charge is 2.41. The van der Waals surface area contributed by atoms with Crippen molar-refractivity contribution in [2.24, 2.45) is 10.4 Å². The lowest BCUT2D eigenvalue weighted by Gasteiger charge is -2.19. The highest BCUT2D eigenvalue weighted by molar-refractivity contribution is 14.0. The fourth-order valence-corrected chi connectivity index (χ4v) is 3.08. The smallest absolute Gasteiger partial charge is 0.387 e. The van der Waals surface area contributed by atoms with Crippen LogP contribution in [0.5, 0.6) is 11.5 Å². The quantitative estimate of drug-likeness (QED) is 0.166. The fraction of sp³-hybridized carbons (Fsp3) is 0.667. The van der Waals surface area contributed by atoms with Crippen LogP contribution in [0, 0.1) is 5.41 Å². The number of rotatable bonds is 13. The van der Waals surface area contributed by atoms with Gasteiger partial charge >= 0.3 is 6.61 Å².